The van der Waals surface area contributed by atoms with Gasteiger partial charge in [0.25, 0.3) is 0 Å². The van der Waals surface area contributed by atoms with Crippen LogP contribution >= 0.6 is 11.6 Å². The van der Waals surface area contributed by atoms with Crippen LogP contribution in [0, 0.1) is 6.92 Å². The highest BCUT2D eigenvalue weighted by Crippen LogP contribution is 2.22. The van der Waals surface area contributed by atoms with Crippen LogP contribution in [0.15, 0.2) is 18.2 Å². The Morgan fingerprint density at radius 1 is 1.44 bits per heavy atom. The maximum absolute atomic E-state index is 11.0. The zero-order valence-electron chi connectivity index (χ0n) is 9.40. The highest BCUT2D eigenvalue weighted by atomic mass is 35.5. The van der Waals surface area contributed by atoms with Crippen LogP contribution in [0.4, 0.5) is 0 Å². The third-order valence-corrected chi connectivity index (χ3v) is 3.81. The molecule has 0 fully saturated rings. The molecule has 0 spiro atoms. The van der Waals surface area contributed by atoms with E-state index in [2.05, 4.69) is 0 Å². The van der Waals surface area contributed by atoms with Gasteiger partial charge in [-0.2, -0.15) is 0 Å². The first-order valence-electron chi connectivity index (χ1n) is 4.99. The molecule has 0 aliphatic heterocycles. The Morgan fingerprint density at radius 3 is 2.56 bits per heavy atom. The van der Waals surface area contributed by atoms with Crippen molar-refractivity contribution < 1.29 is 8.42 Å². The van der Waals surface area contributed by atoms with Crippen molar-refractivity contribution in [2.45, 2.75) is 19.4 Å². The van der Waals surface area contributed by atoms with Crippen molar-refractivity contribution in [1.82, 2.24) is 0 Å². The van der Waals surface area contributed by atoms with Gasteiger partial charge in [-0.25, -0.2) is 8.42 Å². The number of hydrogen-bond acceptors (Lipinski definition) is 3. The molecule has 90 valence electrons. The molecule has 1 unspecified atom stereocenters. The summed E-state index contributed by atoms with van der Waals surface area (Å²) in [5.41, 5.74) is 7.76. The number of nitrogens with two attached hydrogens (primary N) is 1. The third-order valence-electron chi connectivity index (χ3n) is 2.42. The lowest BCUT2D eigenvalue weighted by atomic mass is 10.0. The Balaban J connectivity index is 2.73. The largest absolute Gasteiger partial charge is 0.324 e. The van der Waals surface area contributed by atoms with Crippen LogP contribution in [0.5, 0.6) is 0 Å². The smallest absolute Gasteiger partial charge is 0.147 e. The zero-order chi connectivity index (χ0) is 12.3. The SMILES string of the molecule is Cc1ccc(C(N)CCS(C)(=O)=O)cc1Cl. The fraction of sp³-hybridized carbons (Fsp3) is 0.455. The molecule has 0 amide bonds. The van der Waals surface area contributed by atoms with Crippen LogP contribution in [0.25, 0.3) is 0 Å². The van der Waals surface area contributed by atoms with Gasteiger partial charge in [0, 0.05) is 17.3 Å². The summed E-state index contributed by atoms with van der Waals surface area (Å²) in [4.78, 5) is 0. The van der Waals surface area contributed by atoms with E-state index in [1.807, 2.05) is 19.1 Å². The number of benzene rings is 1. The molecule has 1 atom stereocenters. The van der Waals surface area contributed by atoms with Crippen LogP contribution in [-0.4, -0.2) is 20.4 Å². The molecule has 0 aliphatic rings. The number of sulfone groups is 1. The molecule has 0 aromatic heterocycles. The lowest BCUT2D eigenvalue weighted by Gasteiger charge is -2.12. The van der Waals surface area contributed by atoms with Gasteiger partial charge < -0.3 is 5.73 Å². The molecule has 2 N–H and O–H groups in total. The average Bonchev–Trinajstić information content (AvgIpc) is 2.17. The minimum Gasteiger partial charge on any atom is -0.324 e. The fourth-order valence-corrected chi connectivity index (χ4v) is 2.22. The van der Waals surface area contributed by atoms with E-state index in [1.54, 1.807) is 6.07 Å². The first-order chi connectivity index (χ1) is 7.29. The molecule has 0 aliphatic carbocycles. The van der Waals surface area contributed by atoms with Crippen LogP contribution in [0.1, 0.15) is 23.6 Å². The topological polar surface area (TPSA) is 60.2 Å². The van der Waals surface area contributed by atoms with Crippen molar-refractivity contribution in [1.29, 1.82) is 0 Å². The van der Waals surface area contributed by atoms with E-state index in [9.17, 15) is 8.42 Å². The number of aryl methyl sites for hydroxylation is 1. The monoisotopic (exact) mass is 261 g/mol. The summed E-state index contributed by atoms with van der Waals surface area (Å²) < 4.78 is 22.0. The Labute approximate surface area is 102 Å². The van der Waals surface area contributed by atoms with Crippen molar-refractivity contribution in [3.05, 3.63) is 34.3 Å². The van der Waals surface area contributed by atoms with Crippen molar-refractivity contribution in [2.75, 3.05) is 12.0 Å². The molecular weight excluding hydrogens is 246 g/mol. The van der Waals surface area contributed by atoms with E-state index in [1.165, 1.54) is 6.26 Å². The van der Waals surface area contributed by atoms with Gasteiger partial charge in [-0.05, 0) is 30.5 Å². The summed E-state index contributed by atoms with van der Waals surface area (Å²) >= 11 is 5.97. The predicted molar refractivity (Wildman–Crippen MR) is 67.4 cm³/mol. The average molecular weight is 262 g/mol. The fourth-order valence-electron chi connectivity index (χ4n) is 1.35. The highest BCUT2D eigenvalue weighted by molar-refractivity contribution is 7.90. The van der Waals surface area contributed by atoms with E-state index < -0.39 is 9.84 Å². The summed E-state index contributed by atoms with van der Waals surface area (Å²) in [7, 11) is -2.96. The van der Waals surface area contributed by atoms with Crippen molar-refractivity contribution in [3.63, 3.8) is 0 Å². The molecule has 1 aromatic rings. The van der Waals surface area contributed by atoms with Crippen LogP contribution in [0.2, 0.25) is 5.02 Å². The van der Waals surface area contributed by atoms with E-state index in [4.69, 9.17) is 17.3 Å². The first-order valence-corrected chi connectivity index (χ1v) is 7.43. The molecule has 1 rings (SSSR count). The van der Waals surface area contributed by atoms with E-state index in [-0.39, 0.29) is 11.8 Å². The van der Waals surface area contributed by atoms with Gasteiger partial charge in [0.15, 0.2) is 0 Å². The van der Waals surface area contributed by atoms with Crippen molar-refractivity contribution in [2.24, 2.45) is 5.73 Å². The third kappa shape index (κ3) is 4.12. The van der Waals surface area contributed by atoms with Gasteiger partial charge in [-0.3, -0.25) is 0 Å². The zero-order valence-corrected chi connectivity index (χ0v) is 11.0. The van der Waals surface area contributed by atoms with Gasteiger partial charge in [-0.1, -0.05) is 23.7 Å². The summed E-state index contributed by atoms with van der Waals surface area (Å²) in [6.45, 7) is 1.91. The molecule has 0 bridgehead atoms. The second kappa shape index (κ2) is 5.17. The Morgan fingerprint density at radius 2 is 2.06 bits per heavy atom. The normalized spacial score (nSPS) is 13.8. The van der Waals surface area contributed by atoms with Crippen molar-refractivity contribution in [3.8, 4) is 0 Å². The Kier molecular flexibility index (Phi) is 4.35. The molecule has 0 heterocycles. The van der Waals surface area contributed by atoms with Gasteiger partial charge in [0.05, 0.1) is 5.75 Å². The first kappa shape index (κ1) is 13.5. The molecule has 1 aromatic carbocycles. The van der Waals surface area contributed by atoms with E-state index in [0.717, 1.165) is 11.1 Å². The number of rotatable bonds is 4. The van der Waals surface area contributed by atoms with Gasteiger partial charge in [0.2, 0.25) is 0 Å². The van der Waals surface area contributed by atoms with Crippen LogP contribution in [0.3, 0.4) is 0 Å². The molecule has 0 saturated heterocycles. The molecule has 3 nitrogen and oxygen atoms in total. The maximum Gasteiger partial charge on any atom is 0.147 e. The molecule has 0 saturated carbocycles. The Hall–Kier alpha value is -0.580. The standard InChI is InChI=1S/C11H16ClNO2S/c1-8-3-4-9(7-10(8)12)11(13)5-6-16(2,14)15/h3-4,7,11H,5-6,13H2,1-2H3. The molecule has 5 heteroatoms. The predicted octanol–water partition coefficient (Wildman–Crippen LogP) is 2.08. The minimum atomic E-state index is -2.96. The summed E-state index contributed by atoms with van der Waals surface area (Å²) in [5, 5.41) is 0.660. The van der Waals surface area contributed by atoms with E-state index >= 15 is 0 Å². The molecule has 16 heavy (non-hydrogen) atoms. The van der Waals surface area contributed by atoms with Crippen LogP contribution in [-0.2, 0) is 9.84 Å². The van der Waals surface area contributed by atoms with Gasteiger partial charge in [-0.15, -0.1) is 0 Å². The second-order valence-corrected chi connectivity index (χ2v) is 6.70. The number of halogens is 1. The quantitative estimate of drug-likeness (QED) is 0.903. The maximum atomic E-state index is 11.0. The minimum absolute atomic E-state index is 0.0969. The Bertz CT molecular complexity index is 471. The summed E-state index contributed by atoms with van der Waals surface area (Å²) in [6, 6.07) is 5.28. The second-order valence-electron chi connectivity index (χ2n) is 4.03. The lowest BCUT2D eigenvalue weighted by Crippen LogP contribution is -2.15. The van der Waals surface area contributed by atoms with Gasteiger partial charge in [0.1, 0.15) is 9.84 Å². The number of hydrogen-bond donors (Lipinski definition) is 1. The van der Waals surface area contributed by atoms with Crippen LogP contribution < -0.4 is 5.73 Å². The van der Waals surface area contributed by atoms with Crippen molar-refractivity contribution >= 4 is 21.4 Å². The summed E-state index contributed by atoms with van der Waals surface area (Å²) in [6.07, 6.45) is 1.63. The highest BCUT2D eigenvalue weighted by Gasteiger charge is 2.11. The van der Waals surface area contributed by atoms with E-state index in [0.29, 0.717) is 11.4 Å². The lowest BCUT2D eigenvalue weighted by molar-refractivity contribution is 0.591. The molecule has 0 radical (unpaired) electrons. The molecular formula is C11H16ClNO2S. The summed E-state index contributed by atoms with van der Waals surface area (Å²) in [5.74, 6) is 0.0969. The van der Waals surface area contributed by atoms with Gasteiger partial charge >= 0.3 is 0 Å².